The van der Waals surface area contributed by atoms with Crippen molar-refractivity contribution >= 4 is 21.7 Å². The van der Waals surface area contributed by atoms with Crippen molar-refractivity contribution in [2.45, 2.75) is 31.3 Å². The Morgan fingerprint density at radius 3 is 2.79 bits per heavy atom. The molecule has 0 bridgehead atoms. The standard InChI is InChI=1S/C20H19N3O5S/c1-14-21-22-19(28-14)13-27-20(24)16-7-4-9-17(12-16)29(25,26)23-11-5-8-15-6-2-3-10-18(15)23/h2-4,6-7,9-10,12H,5,8,11,13H2,1H3. The number of aromatic nitrogens is 2. The van der Waals surface area contributed by atoms with Crippen molar-refractivity contribution in [2.24, 2.45) is 0 Å². The van der Waals surface area contributed by atoms with Crippen LogP contribution < -0.4 is 4.31 Å². The highest BCUT2D eigenvalue weighted by Crippen LogP contribution is 2.32. The van der Waals surface area contributed by atoms with E-state index in [1.165, 1.54) is 28.6 Å². The molecule has 4 rings (SSSR count). The summed E-state index contributed by atoms with van der Waals surface area (Å²) in [6.45, 7) is 1.84. The molecule has 0 amide bonds. The third-order valence-electron chi connectivity index (χ3n) is 4.62. The van der Waals surface area contributed by atoms with Crippen molar-refractivity contribution in [1.82, 2.24) is 10.2 Å². The number of rotatable bonds is 5. The predicted molar refractivity (Wildman–Crippen MR) is 104 cm³/mol. The maximum atomic E-state index is 13.2. The van der Waals surface area contributed by atoms with Gasteiger partial charge >= 0.3 is 5.97 Å². The van der Waals surface area contributed by atoms with E-state index in [9.17, 15) is 13.2 Å². The summed E-state index contributed by atoms with van der Waals surface area (Å²) in [7, 11) is -3.81. The van der Waals surface area contributed by atoms with Crippen LogP contribution in [0.4, 0.5) is 5.69 Å². The highest BCUT2D eigenvalue weighted by Gasteiger charge is 2.29. The van der Waals surface area contributed by atoms with Crippen molar-refractivity contribution in [3.63, 3.8) is 0 Å². The topological polar surface area (TPSA) is 103 Å². The zero-order valence-electron chi connectivity index (χ0n) is 15.7. The maximum Gasteiger partial charge on any atom is 0.338 e. The smallest absolute Gasteiger partial charge is 0.338 e. The number of fused-ring (bicyclic) bond motifs is 1. The number of esters is 1. The molecule has 0 saturated carbocycles. The van der Waals surface area contributed by atoms with Crippen LogP contribution in [0.15, 0.2) is 57.8 Å². The lowest BCUT2D eigenvalue weighted by atomic mass is 10.0. The van der Waals surface area contributed by atoms with Gasteiger partial charge in [0.15, 0.2) is 6.61 Å². The van der Waals surface area contributed by atoms with Crippen LogP contribution in [0, 0.1) is 6.92 Å². The van der Waals surface area contributed by atoms with Gasteiger partial charge in [-0.3, -0.25) is 4.31 Å². The number of anilines is 1. The number of ether oxygens (including phenoxy) is 1. The molecule has 0 fully saturated rings. The van der Waals surface area contributed by atoms with Crippen LogP contribution in [-0.4, -0.2) is 31.1 Å². The minimum atomic E-state index is -3.81. The Bertz CT molecular complexity index is 1160. The third-order valence-corrected chi connectivity index (χ3v) is 6.43. The molecule has 0 aliphatic carbocycles. The zero-order valence-corrected chi connectivity index (χ0v) is 16.6. The SMILES string of the molecule is Cc1nnc(COC(=O)c2cccc(S(=O)(=O)N3CCCc4ccccc43)c2)o1. The van der Waals surface area contributed by atoms with Gasteiger partial charge in [-0.15, -0.1) is 10.2 Å². The Kier molecular flexibility index (Phi) is 5.06. The summed E-state index contributed by atoms with van der Waals surface area (Å²) < 4.78 is 38.2. The van der Waals surface area contributed by atoms with Crippen LogP contribution in [0.25, 0.3) is 0 Å². The number of hydrogen-bond donors (Lipinski definition) is 0. The van der Waals surface area contributed by atoms with Crippen LogP contribution in [0.1, 0.15) is 34.1 Å². The summed E-state index contributed by atoms with van der Waals surface area (Å²) in [5, 5.41) is 7.42. The number of nitrogens with zero attached hydrogens (tertiary/aromatic N) is 3. The minimum Gasteiger partial charge on any atom is -0.452 e. The Morgan fingerprint density at radius 1 is 1.17 bits per heavy atom. The fraction of sp³-hybridized carbons (Fsp3) is 0.250. The Balaban J connectivity index is 1.57. The molecule has 1 aliphatic rings. The molecule has 0 saturated heterocycles. The largest absolute Gasteiger partial charge is 0.452 e. The molecule has 9 heteroatoms. The van der Waals surface area contributed by atoms with Gasteiger partial charge in [0.1, 0.15) is 0 Å². The van der Waals surface area contributed by atoms with Crippen LogP contribution in [0.3, 0.4) is 0 Å². The van der Waals surface area contributed by atoms with Crippen molar-refractivity contribution in [2.75, 3.05) is 10.8 Å². The van der Waals surface area contributed by atoms with Crippen LogP contribution in [0.5, 0.6) is 0 Å². The number of para-hydroxylation sites is 1. The summed E-state index contributed by atoms with van der Waals surface area (Å²) in [6, 6.07) is 13.3. The van der Waals surface area contributed by atoms with E-state index in [1.54, 1.807) is 13.0 Å². The molecule has 1 aromatic heterocycles. The number of sulfonamides is 1. The molecule has 0 spiro atoms. The first-order chi connectivity index (χ1) is 13.9. The Labute approximate surface area is 168 Å². The summed E-state index contributed by atoms with van der Waals surface area (Å²) in [6.07, 6.45) is 1.57. The number of hydrogen-bond acceptors (Lipinski definition) is 7. The van der Waals surface area contributed by atoms with E-state index < -0.39 is 16.0 Å². The molecule has 0 atom stereocenters. The van der Waals surface area contributed by atoms with Gasteiger partial charge in [-0.1, -0.05) is 24.3 Å². The highest BCUT2D eigenvalue weighted by atomic mass is 32.2. The second-order valence-electron chi connectivity index (χ2n) is 6.63. The summed E-state index contributed by atoms with van der Waals surface area (Å²) in [4.78, 5) is 12.4. The van der Waals surface area contributed by atoms with Gasteiger partial charge in [0.05, 0.1) is 16.1 Å². The quantitative estimate of drug-likeness (QED) is 0.593. The molecule has 150 valence electrons. The van der Waals surface area contributed by atoms with Gasteiger partial charge in [0.2, 0.25) is 5.89 Å². The van der Waals surface area contributed by atoms with Gasteiger partial charge in [-0.2, -0.15) is 0 Å². The lowest BCUT2D eigenvalue weighted by Gasteiger charge is -2.30. The number of benzene rings is 2. The molecule has 0 unspecified atom stereocenters. The first kappa shape index (κ1) is 19.1. The first-order valence-corrected chi connectivity index (χ1v) is 10.6. The maximum absolute atomic E-state index is 13.2. The number of carbonyl (C=O) groups excluding carboxylic acids is 1. The first-order valence-electron chi connectivity index (χ1n) is 9.12. The predicted octanol–water partition coefficient (Wildman–Crippen LogP) is 2.88. The normalized spacial score (nSPS) is 13.8. The molecule has 0 radical (unpaired) electrons. The van der Waals surface area contributed by atoms with Gasteiger partial charge in [-0.25, -0.2) is 13.2 Å². The fourth-order valence-corrected chi connectivity index (χ4v) is 4.85. The molecule has 8 nitrogen and oxygen atoms in total. The molecule has 2 heterocycles. The van der Waals surface area contributed by atoms with Crippen LogP contribution in [-0.2, 0) is 27.8 Å². The molecular weight excluding hydrogens is 394 g/mol. The Morgan fingerprint density at radius 2 is 2.00 bits per heavy atom. The van der Waals surface area contributed by atoms with E-state index in [0.29, 0.717) is 18.1 Å². The zero-order chi connectivity index (χ0) is 20.4. The third kappa shape index (κ3) is 3.86. The highest BCUT2D eigenvalue weighted by molar-refractivity contribution is 7.92. The van der Waals surface area contributed by atoms with Crippen LogP contribution >= 0.6 is 0 Å². The molecule has 3 aromatic rings. The van der Waals surface area contributed by atoms with Crippen molar-refractivity contribution in [1.29, 1.82) is 0 Å². The number of carbonyl (C=O) groups is 1. The average Bonchev–Trinajstić information content (AvgIpc) is 3.16. The molecule has 29 heavy (non-hydrogen) atoms. The van der Waals surface area contributed by atoms with E-state index in [1.807, 2.05) is 18.2 Å². The second-order valence-corrected chi connectivity index (χ2v) is 8.49. The van der Waals surface area contributed by atoms with Gasteiger partial charge in [0.25, 0.3) is 15.9 Å². The van der Waals surface area contributed by atoms with Crippen molar-refractivity contribution < 1.29 is 22.4 Å². The van der Waals surface area contributed by atoms with E-state index in [-0.39, 0.29) is 23.0 Å². The van der Waals surface area contributed by atoms with Crippen molar-refractivity contribution in [3.8, 4) is 0 Å². The fourth-order valence-electron chi connectivity index (χ4n) is 3.27. The van der Waals surface area contributed by atoms with E-state index in [2.05, 4.69) is 10.2 Å². The summed E-state index contributed by atoms with van der Waals surface area (Å²) in [5.41, 5.74) is 1.80. The van der Waals surface area contributed by atoms with E-state index in [0.717, 1.165) is 18.4 Å². The summed E-state index contributed by atoms with van der Waals surface area (Å²) >= 11 is 0. The lowest BCUT2D eigenvalue weighted by Crippen LogP contribution is -2.35. The molecule has 1 aliphatic heterocycles. The average molecular weight is 413 g/mol. The van der Waals surface area contributed by atoms with Gasteiger partial charge in [0, 0.05) is 13.5 Å². The summed E-state index contributed by atoms with van der Waals surface area (Å²) in [5.74, 6) is -0.132. The molecule has 0 N–H and O–H groups in total. The van der Waals surface area contributed by atoms with Crippen LogP contribution in [0.2, 0.25) is 0 Å². The van der Waals surface area contributed by atoms with E-state index >= 15 is 0 Å². The second kappa shape index (κ2) is 7.67. The van der Waals surface area contributed by atoms with Crippen molar-refractivity contribution in [3.05, 3.63) is 71.4 Å². The molecule has 2 aromatic carbocycles. The van der Waals surface area contributed by atoms with E-state index in [4.69, 9.17) is 9.15 Å². The minimum absolute atomic E-state index is 0.0392. The van der Waals surface area contributed by atoms with Gasteiger partial charge < -0.3 is 9.15 Å². The van der Waals surface area contributed by atoms with Gasteiger partial charge in [-0.05, 0) is 42.7 Å². The monoisotopic (exact) mass is 413 g/mol. The molecular formula is C20H19N3O5S. The Hall–Kier alpha value is -3.20. The lowest BCUT2D eigenvalue weighted by molar-refractivity contribution is 0.0436. The number of aryl methyl sites for hydroxylation is 2.